The average Bonchev–Trinajstić information content (AvgIpc) is 3.48. The van der Waals surface area contributed by atoms with Crippen LogP contribution in [0.4, 0.5) is 0 Å². The molecule has 11 heteroatoms. The molecule has 0 aliphatic carbocycles. The quantitative estimate of drug-likeness (QED) is 0.435. The SMILES string of the molecule is Cc1nc2ccc(-n3cnnc3[C@@H]3OC(CO)[C@H](O)[C@H](n4cccn4)C3O)cc2s1. The van der Waals surface area contributed by atoms with Gasteiger partial charge in [0.05, 0.1) is 21.8 Å². The first-order chi connectivity index (χ1) is 14.6. The van der Waals surface area contributed by atoms with Gasteiger partial charge in [-0.25, -0.2) is 4.98 Å². The summed E-state index contributed by atoms with van der Waals surface area (Å²) in [7, 11) is 0. The maximum atomic E-state index is 11.1. The van der Waals surface area contributed by atoms with E-state index in [0.717, 1.165) is 20.9 Å². The summed E-state index contributed by atoms with van der Waals surface area (Å²) >= 11 is 1.58. The number of benzene rings is 1. The molecule has 10 nitrogen and oxygen atoms in total. The second-order valence-electron chi connectivity index (χ2n) is 7.18. The van der Waals surface area contributed by atoms with Gasteiger partial charge in [-0.1, -0.05) is 0 Å². The number of thiazole rings is 1. The third-order valence-electron chi connectivity index (χ3n) is 5.31. The highest BCUT2D eigenvalue weighted by Crippen LogP contribution is 2.38. The topological polar surface area (TPSA) is 131 Å². The number of ether oxygens (including phenoxy) is 1. The number of nitrogens with zero attached hydrogens (tertiary/aromatic N) is 6. The highest BCUT2D eigenvalue weighted by atomic mass is 32.1. The van der Waals surface area contributed by atoms with E-state index in [2.05, 4.69) is 20.3 Å². The Balaban J connectivity index is 1.55. The van der Waals surface area contributed by atoms with Crippen LogP contribution in [-0.4, -0.2) is 69.8 Å². The summed E-state index contributed by atoms with van der Waals surface area (Å²) in [6.45, 7) is 1.54. The summed E-state index contributed by atoms with van der Waals surface area (Å²) in [5, 5.41) is 44.8. The van der Waals surface area contributed by atoms with E-state index in [-0.39, 0.29) is 0 Å². The van der Waals surface area contributed by atoms with Crippen LogP contribution < -0.4 is 0 Å². The average molecular weight is 428 g/mol. The fourth-order valence-corrected chi connectivity index (χ4v) is 4.76. The van der Waals surface area contributed by atoms with Gasteiger partial charge in [-0.15, -0.1) is 21.5 Å². The summed E-state index contributed by atoms with van der Waals surface area (Å²) in [6.07, 6.45) is 0.604. The molecule has 3 N–H and O–H groups in total. The predicted octanol–water partition coefficient (Wildman–Crippen LogP) is 0.777. The lowest BCUT2D eigenvalue weighted by molar-refractivity contribution is -0.210. The summed E-state index contributed by atoms with van der Waals surface area (Å²) in [5.74, 6) is 0.366. The molecule has 30 heavy (non-hydrogen) atoms. The molecule has 1 fully saturated rings. The Labute approximate surface area is 175 Å². The van der Waals surface area contributed by atoms with Crippen LogP contribution in [0.1, 0.15) is 23.0 Å². The molecule has 1 aliphatic rings. The van der Waals surface area contributed by atoms with Crippen molar-refractivity contribution in [2.24, 2.45) is 0 Å². The van der Waals surface area contributed by atoms with Crippen LogP contribution in [0.3, 0.4) is 0 Å². The number of hydrogen-bond acceptors (Lipinski definition) is 9. The van der Waals surface area contributed by atoms with Crippen LogP contribution in [-0.2, 0) is 4.74 Å². The van der Waals surface area contributed by atoms with E-state index in [1.54, 1.807) is 40.7 Å². The van der Waals surface area contributed by atoms with Gasteiger partial charge in [0.2, 0.25) is 0 Å². The summed E-state index contributed by atoms with van der Waals surface area (Å²) in [6, 6.07) is 6.68. The third kappa shape index (κ3) is 3.11. The number of aryl methyl sites for hydroxylation is 1. The molecule has 5 rings (SSSR count). The number of hydrogen-bond donors (Lipinski definition) is 3. The van der Waals surface area contributed by atoms with Gasteiger partial charge in [0.25, 0.3) is 0 Å². The number of aromatic nitrogens is 6. The molecular formula is C19H20N6O4S. The molecule has 3 aromatic heterocycles. The molecule has 2 unspecified atom stereocenters. The van der Waals surface area contributed by atoms with Crippen LogP contribution in [0.15, 0.2) is 43.0 Å². The van der Waals surface area contributed by atoms with E-state index in [4.69, 9.17) is 4.74 Å². The van der Waals surface area contributed by atoms with Crippen LogP contribution in [0, 0.1) is 6.92 Å². The lowest BCUT2D eigenvalue weighted by Gasteiger charge is -2.41. The van der Waals surface area contributed by atoms with Crippen molar-refractivity contribution < 1.29 is 20.1 Å². The molecular weight excluding hydrogens is 408 g/mol. The Bertz CT molecular complexity index is 1160. The molecule has 156 valence electrons. The third-order valence-corrected chi connectivity index (χ3v) is 6.24. The summed E-state index contributed by atoms with van der Waals surface area (Å²) < 4.78 is 10.1. The maximum Gasteiger partial charge on any atom is 0.169 e. The van der Waals surface area contributed by atoms with Gasteiger partial charge in [0.15, 0.2) is 5.82 Å². The van der Waals surface area contributed by atoms with E-state index >= 15 is 0 Å². The highest BCUT2D eigenvalue weighted by molar-refractivity contribution is 7.18. The van der Waals surface area contributed by atoms with Crippen molar-refractivity contribution in [3.8, 4) is 5.69 Å². The standard InChI is InChI=1S/C19H20N6O4S/c1-10-22-12-4-3-11(7-14(12)30-10)24-9-20-23-19(24)18-17(28)15(25-6-2-5-21-25)16(27)13(8-26)29-18/h2-7,9,13,15-18,26-28H,8H2,1H3/t13?,15-,16-,17?,18+/m0/s1. The zero-order valence-electron chi connectivity index (χ0n) is 16.0. The molecule has 0 saturated carbocycles. The number of fused-ring (bicyclic) bond motifs is 1. The fourth-order valence-electron chi connectivity index (χ4n) is 3.90. The van der Waals surface area contributed by atoms with Gasteiger partial charge in [0.1, 0.15) is 36.8 Å². The first-order valence-corrected chi connectivity index (χ1v) is 10.3. The van der Waals surface area contributed by atoms with Gasteiger partial charge < -0.3 is 20.1 Å². The summed E-state index contributed by atoms with van der Waals surface area (Å²) in [5.41, 5.74) is 1.70. The zero-order valence-corrected chi connectivity index (χ0v) is 16.8. The molecule has 4 heterocycles. The van der Waals surface area contributed by atoms with Gasteiger partial charge in [-0.05, 0) is 31.2 Å². The van der Waals surface area contributed by atoms with Crippen LogP contribution in [0.5, 0.6) is 0 Å². The Hall–Kier alpha value is -2.70. The van der Waals surface area contributed by atoms with Gasteiger partial charge in [-0.3, -0.25) is 9.25 Å². The van der Waals surface area contributed by atoms with Gasteiger partial charge >= 0.3 is 0 Å². The molecule has 1 aromatic carbocycles. The predicted molar refractivity (Wildman–Crippen MR) is 107 cm³/mol. The van der Waals surface area contributed by atoms with Crippen molar-refractivity contribution in [1.29, 1.82) is 0 Å². The first-order valence-electron chi connectivity index (χ1n) is 9.46. The van der Waals surface area contributed by atoms with Crippen molar-refractivity contribution in [3.05, 3.63) is 53.8 Å². The molecule has 5 atom stereocenters. The van der Waals surface area contributed by atoms with Gasteiger partial charge in [-0.2, -0.15) is 5.10 Å². The van der Waals surface area contributed by atoms with E-state index in [0.29, 0.717) is 5.82 Å². The fraction of sp³-hybridized carbons (Fsp3) is 0.368. The Morgan fingerprint density at radius 3 is 2.87 bits per heavy atom. The minimum atomic E-state index is -1.17. The largest absolute Gasteiger partial charge is 0.394 e. The Morgan fingerprint density at radius 1 is 1.23 bits per heavy atom. The molecule has 1 saturated heterocycles. The number of aliphatic hydroxyl groups is 3. The molecule has 0 radical (unpaired) electrons. The van der Waals surface area contributed by atoms with Crippen molar-refractivity contribution in [2.45, 2.75) is 37.4 Å². The monoisotopic (exact) mass is 428 g/mol. The summed E-state index contributed by atoms with van der Waals surface area (Å²) in [4.78, 5) is 4.48. The second-order valence-corrected chi connectivity index (χ2v) is 8.41. The second kappa shape index (κ2) is 7.52. The zero-order chi connectivity index (χ0) is 20.8. The van der Waals surface area contributed by atoms with E-state index < -0.39 is 37.1 Å². The van der Waals surface area contributed by atoms with E-state index in [1.807, 2.05) is 25.1 Å². The normalized spacial score (nSPS) is 27.0. The first kappa shape index (κ1) is 19.3. The van der Waals surface area contributed by atoms with E-state index in [9.17, 15) is 15.3 Å². The minimum Gasteiger partial charge on any atom is -0.394 e. The van der Waals surface area contributed by atoms with Crippen LogP contribution in [0.2, 0.25) is 0 Å². The molecule has 1 aliphatic heterocycles. The Kier molecular flexibility index (Phi) is 4.83. The van der Waals surface area contributed by atoms with Crippen molar-refractivity contribution in [2.75, 3.05) is 6.61 Å². The molecule has 0 spiro atoms. The lowest BCUT2D eigenvalue weighted by Crippen LogP contribution is -2.53. The highest BCUT2D eigenvalue weighted by Gasteiger charge is 2.47. The van der Waals surface area contributed by atoms with Crippen molar-refractivity contribution in [3.63, 3.8) is 0 Å². The van der Waals surface area contributed by atoms with Crippen molar-refractivity contribution >= 4 is 21.6 Å². The van der Waals surface area contributed by atoms with E-state index in [1.165, 1.54) is 4.68 Å². The molecule has 0 amide bonds. The smallest absolute Gasteiger partial charge is 0.169 e. The maximum absolute atomic E-state index is 11.1. The Morgan fingerprint density at radius 2 is 2.10 bits per heavy atom. The number of rotatable bonds is 4. The van der Waals surface area contributed by atoms with Crippen molar-refractivity contribution in [1.82, 2.24) is 29.5 Å². The molecule has 0 bridgehead atoms. The minimum absolute atomic E-state index is 0.366. The number of aliphatic hydroxyl groups excluding tert-OH is 3. The lowest BCUT2D eigenvalue weighted by atomic mass is 9.92. The van der Waals surface area contributed by atoms with Gasteiger partial charge in [0, 0.05) is 18.1 Å². The van der Waals surface area contributed by atoms with Crippen LogP contribution in [0.25, 0.3) is 15.9 Å². The molecule has 4 aromatic rings. The van der Waals surface area contributed by atoms with Crippen LogP contribution >= 0.6 is 11.3 Å².